The lowest BCUT2D eigenvalue weighted by atomic mass is 9.48. The molecule has 4 aliphatic carbocycles. The third kappa shape index (κ3) is 2.45. The highest BCUT2D eigenvalue weighted by molar-refractivity contribution is 5.75. The van der Waals surface area contributed by atoms with Crippen molar-refractivity contribution < 1.29 is 9.90 Å². The lowest BCUT2D eigenvalue weighted by molar-refractivity contribution is -0.118. The van der Waals surface area contributed by atoms with Crippen LogP contribution in [0.1, 0.15) is 72.6 Å². The van der Waals surface area contributed by atoms with E-state index in [0.29, 0.717) is 11.8 Å². The number of hydrogen-bond donors (Lipinski definition) is 2. The van der Waals surface area contributed by atoms with E-state index in [-0.39, 0.29) is 22.8 Å². The molecule has 0 spiro atoms. The second-order valence-corrected chi connectivity index (χ2v) is 9.65. The first-order chi connectivity index (χ1) is 11.8. The molecule has 3 heteroatoms. The second-order valence-electron chi connectivity index (χ2n) is 9.65. The maximum absolute atomic E-state index is 11.7. The van der Waals surface area contributed by atoms with E-state index >= 15 is 0 Å². The first kappa shape index (κ1) is 17.3. The first-order valence-corrected chi connectivity index (χ1v) is 10.1. The number of hydrogen-bond acceptors (Lipinski definition) is 2. The number of aliphatic hydroxyl groups excluding tert-OH is 1. The van der Waals surface area contributed by atoms with Crippen molar-refractivity contribution in [1.82, 2.24) is 5.32 Å². The van der Waals surface area contributed by atoms with Gasteiger partial charge in [0, 0.05) is 18.0 Å². The van der Waals surface area contributed by atoms with Crippen LogP contribution in [0, 0.1) is 28.6 Å². The van der Waals surface area contributed by atoms with E-state index < -0.39 is 0 Å². The van der Waals surface area contributed by atoms with Crippen LogP contribution in [0.2, 0.25) is 0 Å². The van der Waals surface area contributed by atoms with Gasteiger partial charge in [-0.15, -0.1) is 0 Å². The molecule has 2 saturated carbocycles. The molecule has 2 N–H and O–H groups in total. The molecule has 4 aliphatic rings. The third-order valence-electron chi connectivity index (χ3n) is 8.29. The Bertz CT molecular complexity index is 663. The molecular formula is C22H33NO2. The third-order valence-corrected chi connectivity index (χ3v) is 8.29. The minimum absolute atomic E-state index is 0.0670. The van der Waals surface area contributed by atoms with Gasteiger partial charge in [-0.05, 0) is 75.0 Å². The fraction of sp³-hybridized carbons (Fsp3) is 0.773. The summed E-state index contributed by atoms with van der Waals surface area (Å²) in [6.07, 6.45) is 10.0. The zero-order chi connectivity index (χ0) is 18.0. The number of allylic oxidation sites excluding steroid dienone is 3. The Kier molecular flexibility index (Phi) is 3.95. The fourth-order valence-electron chi connectivity index (χ4n) is 6.99. The Hall–Kier alpha value is -1.09. The van der Waals surface area contributed by atoms with E-state index in [2.05, 4.69) is 32.2 Å². The summed E-state index contributed by atoms with van der Waals surface area (Å²) in [6, 6.07) is 0. The zero-order valence-electron chi connectivity index (χ0n) is 16.2. The maximum atomic E-state index is 11.7. The average molecular weight is 344 g/mol. The van der Waals surface area contributed by atoms with Gasteiger partial charge in [0.25, 0.3) is 0 Å². The summed E-state index contributed by atoms with van der Waals surface area (Å²) in [7, 11) is 0. The van der Waals surface area contributed by atoms with Crippen molar-refractivity contribution in [1.29, 1.82) is 0 Å². The number of aliphatic hydroxyl groups is 1. The first-order valence-electron chi connectivity index (χ1n) is 10.1. The van der Waals surface area contributed by atoms with Crippen molar-refractivity contribution in [3.8, 4) is 0 Å². The van der Waals surface area contributed by atoms with Crippen LogP contribution >= 0.6 is 0 Å². The number of amides is 1. The number of nitrogens with one attached hydrogen (secondary N) is 1. The summed E-state index contributed by atoms with van der Waals surface area (Å²) >= 11 is 0. The van der Waals surface area contributed by atoms with Crippen LogP contribution in [0.5, 0.6) is 0 Å². The van der Waals surface area contributed by atoms with Gasteiger partial charge in [-0.2, -0.15) is 0 Å². The molecule has 25 heavy (non-hydrogen) atoms. The lowest BCUT2D eigenvalue weighted by Gasteiger charge is -2.57. The Morgan fingerprint density at radius 3 is 2.60 bits per heavy atom. The topological polar surface area (TPSA) is 49.3 Å². The van der Waals surface area contributed by atoms with E-state index in [1.54, 1.807) is 6.92 Å². The molecule has 138 valence electrons. The molecule has 0 aromatic carbocycles. The molecule has 0 bridgehead atoms. The van der Waals surface area contributed by atoms with Gasteiger partial charge in [-0.25, -0.2) is 0 Å². The number of carbonyl (C=O) groups is 1. The minimum Gasteiger partial charge on any atom is -0.393 e. The lowest BCUT2D eigenvalue weighted by Crippen LogP contribution is -2.51. The molecule has 0 heterocycles. The molecule has 0 radical (unpaired) electrons. The Morgan fingerprint density at radius 2 is 1.88 bits per heavy atom. The quantitative estimate of drug-likeness (QED) is 0.696. The molecule has 4 rings (SSSR count). The summed E-state index contributed by atoms with van der Waals surface area (Å²) in [5.74, 6) is 2.17. The van der Waals surface area contributed by atoms with E-state index in [1.165, 1.54) is 29.7 Å². The maximum Gasteiger partial charge on any atom is 0.221 e. The smallest absolute Gasteiger partial charge is 0.221 e. The highest BCUT2D eigenvalue weighted by Crippen LogP contribution is 2.65. The highest BCUT2D eigenvalue weighted by Gasteiger charge is 2.57. The van der Waals surface area contributed by atoms with Gasteiger partial charge >= 0.3 is 0 Å². The van der Waals surface area contributed by atoms with Crippen LogP contribution in [0.25, 0.3) is 0 Å². The zero-order valence-corrected chi connectivity index (χ0v) is 16.2. The summed E-state index contributed by atoms with van der Waals surface area (Å²) < 4.78 is 0. The van der Waals surface area contributed by atoms with Gasteiger partial charge in [0.05, 0.1) is 6.10 Å². The predicted molar refractivity (Wildman–Crippen MR) is 99.6 cm³/mol. The molecule has 2 fully saturated rings. The minimum atomic E-state index is -0.133. The SMILES string of the molecule is CC(=O)NC1=C(C)C[C@H]2[C@@H]3CC=C4C[C@@H](O)CC[C@]4(C)[C@H]3CC[C@]12C. The van der Waals surface area contributed by atoms with Gasteiger partial charge in [-0.3, -0.25) is 4.79 Å². The van der Waals surface area contributed by atoms with Crippen molar-refractivity contribution in [3.63, 3.8) is 0 Å². The Morgan fingerprint density at radius 1 is 1.16 bits per heavy atom. The van der Waals surface area contributed by atoms with Gasteiger partial charge < -0.3 is 10.4 Å². The van der Waals surface area contributed by atoms with Crippen molar-refractivity contribution >= 4 is 5.91 Å². The van der Waals surface area contributed by atoms with E-state index in [4.69, 9.17) is 0 Å². The monoisotopic (exact) mass is 343 g/mol. The summed E-state index contributed by atoms with van der Waals surface area (Å²) in [6.45, 7) is 8.70. The van der Waals surface area contributed by atoms with Crippen molar-refractivity contribution in [2.24, 2.45) is 28.6 Å². The van der Waals surface area contributed by atoms with Crippen LogP contribution in [-0.4, -0.2) is 17.1 Å². The van der Waals surface area contributed by atoms with Crippen molar-refractivity contribution in [2.45, 2.75) is 78.7 Å². The van der Waals surface area contributed by atoms with Crippen LogP contribution in [-0.2, 0) is 4.79 Å². The van der Waals surface area contributed by atoms with Crippen molar-refractivity contribution in [2.75, 3.05) is 0 Å². The molecule has 0 saturated heterocycles. The van der Waals surface area contributed by atoms with Crippen LogP contribution in [0.3, 0.4) is 0 Å². The number of carbonyl (C=O) groups excluding carboxylic acids is 1. The summed E-state index contributed by atoms with van der Waals surface area (Å²) in [5.41, 5.74) is 4.56. The molecule has 0 aliphatic heterocycles. The molecule has 1 amide bonds. The van der Waals surface area contributed by atoms with Gasteiger partial charge in [0.2, 0.25) is 5.91 Å². The fourth-order valence-corrected chi connectivity index (χ4v) is 6.99. The van der Waals surface area contributed by atoms with E-state index in [0.717, 1.165) is 38.0 Å². The number of fused-ring (bicyclic) bond motifs is 5. The molecule has 0 unspecified atom stereocenters. The number of rotatable bonds is 1. The van der Waals surface area contributed by atoms with Gasteiger partial charge in [-0.1, -0.05) is 31.1 Å². The summed E-state index contributed by atoms with van der Waals surface area (Å²) in [4.78, 5) is 11.7. The standard InChI is InChI=1S/C22H33NO2/c1-13-11-19-17-6-5-15-12-16(25)7-9-21(15,3)18(17)8-10-22(19,4)20(13)23-14(2)24/h5,16-19,25H,6-12H2,1-4H3,(H,23,24)/t16-,17+,18-,19-,21-,22-/m0/s1. The molecular weight excluding hydrogens is 310 g/mol. The highest BCUT2D eigenvalue weighted by atomic mass is 16.3. The van der Waals surface area contributed by atoms with Crippen LogP contribution < -0.4 is 5.32 Å². The van der Waals surface area contributed by atoms with E-state index in [9.17, 15) is 9.90 Å². The van der Waals surface area contributed by atoms with E-state index in [1.807, 2.05) is 0 Å². The largest absolute Gasteiger partial charge is 0.393 e. The average Bonchev–Trinajstić information content (AvgIpc) is 2.79. The second kappa shape index (κ2) is 5.70. The van der Waals surface area contributed by atoms with Gasteiger partial charge in [0.15, 0.2) is 0 Å². The Balaban J connectivity index is 1.66. The summed E-state index contributed by atoms with van der Waals surface area (Å²) in [5, 5.41) is 13.3. The predicted octanol–water partition coefficient (Wildman–Crippen LogP) is 4.33. The molecule has 6 atom stereocenters. The normalized spacial score (nSPS) is 46.0. The van der Waals surface area contributed by atoms with Crippen LogP contribution in [0.15, 0.2) is 22.9 Å². The molecule has 0 aromatic rings. The molecule has 3 nitrogen and oxygen atoms in total. The van der Waals surface area contributed by atoms with Crippen molar-refractivity contribution in [3.05, 3.63) is 22.9 Å². The Labute approximate surface area is 152 Å². The molecule has 0 aromatic heterocycles. The van der Waals surface area contributed by atoms with Crippen LogP contribution in [0.4, 0.5) is 0 Å². The van der Waals surface area contributed by atoms with Gasteiger partial charge in [0.1, 0.15) is 0 Å².